The van der Waals surface area contributed by atoms with Gasteiger partial charge in [0.25, 0.3) is 0 Å². The zero-order chi connectivity index (χ0) is 8.97. The van der Waals surface area contributed by atoms with Crippen molar-refractivity contribution in [2.24, 2.45) is 0 Å². The van der Waals surface area contributed by atoms with Gasteiger partial charge in [0.05, 0.1) is 11.6 Å². The zero-order valence-corrected chi connectivity index (χ0v) is 6.44. The number of nitriles is 1. The lowest BCUT2D eigenvalue weighted by Gasteiger charge is -1.97. The summed E-state index contributed by atoms with van der Waals surface area (Å²) < 4.78 is 4.66. The van der Waals surface area contributed by atoms with Gasteiger partial charge >= 0.3 is 5.97 Å². The predicted molar refractivity (Wildman–Crippen MR) is 40.3 cm³/mol. The maximum Gasteiger partial charge on any atom is 0.309 e. The van der Waals surface area contributed by atoms with E-state index in [1.54, 1.807) is 0 Å². The molecule has 0 fully saturated rings. The van der Waals surface area contributed by atoms with Crippen molar-refractivity contribution in [2.45, 2.75) is 6.92 Å². The molecule has 0 aliphatic carbocycles. The third-order valence-electron chi connectivity index (χ3n) is 1.11. The van der Waals surface area contributed by atoms with Gasteiger partial charge < -0.3 is 4.74 Å². The van der Waals surface area contributed by atoms with E-state index in [-0.39, 0.29) is 5.88 Å². The first kappa shape index (κ1) is 8.21. The van der Waals surface area contributed by atoms with Gasteiger partial charge in [-0.25, -0.2) is 4.98 Å². The Bertz CT molecular complexity index is 341. The van der Waals surface area contributed by atoms with Crippen molar-refractivity contribution in [3.8, 4) is 11.9 Å². The number of rotatable bonds is 1. The van der Waals surface area contributed by atoms with Gasteiger partial charge in [-0.3, -0.25) is 4.79 Å². The SMILES string of the molecule is CC(=O)Oc1cc(C#N)ccn1. The first-order valence-electron chi connectivity index (χ1n) is 3.27. The molecule has 0 aliphatic rings. The molecule has 0 aliphatic heterocycles. The number of aromatic nitrogens is 1. The number of ether oxygens (including phenoxy) is 1. The highest BCUT2D eigenvalue weighted by atomic mass is 16.5. The Morgan fingerprint density at radius 2 is 2.50 bits per heavy atom. The second-order valence-corrected chi connectivity index (χ2v) is 2.09. The van der Waals surface area contributed by atoms with E-state index in [2.05, 4.69) is 9.72 Å². The highest BCUT2D eigenvalue weighted by Gasteiger charge is 1.99. The first-order chi connectivity index (χ1) is 5.72. The normalized spacial score (nSPS) is 8.67. The molecule has 0 amide bonds. The van der Waals surface area contributed by atoms with Crippen molar-refractivity contribution in [1.82, 2.24) is 4.98 Å². The van der Waals surface area contributed by atoms with E-state index < -0.39 is 5.97 Å². The topological polar surface area (TPSA) is 63.0 Å². The molecule has 60 valence electrons. The molecule has 4 heteroatoms. The molecule has 1 heterocycles. The van der Waals surface area contributed by atoms with Crippen molar-refractivity contribution in [2.75, 3.05) is 0 Å². The van der Waals surface area contributed by atoms with Crippen molar-refractivity contribution in [1.29, 1.82) is 5.26 Å². The van der Waals surface area contributed by atoms with Crippen LogP contribution < -0.4 is 4.74 Å². The molecule has 0 radical (unpaired) electrons. The van der Waals surface area contributed by atoms with E-state index in [9.17, 15) is 4.79 Å². The van der Waals surface area contributed by atoms with Crippen LogP contribution in [0.3, 0.4) is 0 Å². The van der Waals surface area contributed by atoms with E-state index in [4.69, 9.17) is 5.26 Å². The van der Waals surface area contributed by atoms with Crippen LogP contribution in [0, 0.1) is 11.3 Å². The summed E-state index contributed by atoms with van der Waals surface area (Å²) >= 11 is 0. The Morgan fingerprint density at radius 3 is 3.08 bits per heavy atom. The molecule has 0 N–H and O–H groups in total. The van der Waals surface area contributed by atoms with Crippen LogP contribution in [0.4, 0.5) is 0 Å². The fourth-order valence-electron chi connectivity index (χ4n) is 0.682. The van der Waals surface area contributed by atoms with Gasteiger partial charge in [0.2, 0.25) is 5.88 Å². The molecular formula is C8H6N2O2. The first-order valence-corrected chi connectivity index (χ1v) is 3.27. The summed E-state index contributed by atoms with van der Waals surface area (Å²) in [6.45, 7) is 1.28. The van der Waals surface area contributed by atoms with E-state index in [0.717, 1.165) is 0 Å². The minimum atomic E-state index is -0.447. The lowest BCUT2D eigenvalue weighted by Crippen LogP contribution is -2.02. The van der Waals surface area contributed by atoms with Crippen LogP contribution in [0.2, 0.25) is 0 Å². The van der Waals surface area contributed by atoms with E-state index >= 15 is 0 Å². The predicted octanol–water partition coefficient (Wildman–Crippen LogP) is 0.879. The quantitative estimate of drug-likeness (QED) is 0.575. The van der Waals surface area contributed by atoms with Gasteiger partial charge in [-0.2, -0.15) is 5.26 Å². The fourth-order valence-corrected chi connectivity index (χ4v) is 0.682. The largest absolute Gasteiger partial charge is 0.408 e. The summed E-state index contributed by atoms with van der Waals surface area (Å²) in [7, 11) is 0. The molecule has 1 aromatic heterocycles. The Labute approximate surface area is 69.4 Å². The molecule has 0 spiro atoms. The minimum Gasteiger partial charge on any atom is -0.408 e. The van der Waals surface area contributed by atoms with E-state index in [1.807, 2.05) is 6.07 Å². The Morgan fingerprint density at radius 1 is 1.75 bits per heavy atom. The Kier molecular flexibility index (Phi) is 2.38. The number of pyridine rings is 1. The maximum atomic E-state index is 10.5. The number of carbonyl (C=O) groups excluding carboxylic acids is 1. The van der Waals surface area contributed by atoms with E-state index in [0.29, 0.717) is 5.56 Å². The van der Waals surface area contributed by atoms with Crippen LogP contribution in [0.25, 0.3) is 0 Å². The number of carbonyl (C=O) groups is 1. The van der Waals surface area contributed by atoms with Gasteiger partial charge in [0, 0.05) is 19.2 Å². The molecule has 0 bridgehead atoms. The number of hydrogen-bond donors (Lipinski definition) is 0. The van der Waals surface area contributed by atoms with Gasteiger partial charge in [0.15, 0.2) is 0 Å². The van der Waals surface area contributed by atoms with Gasteiger partial charge in [0.1, 0.15) is 0 Å². The molecule has 12 heavy (non-hydrogen) atoms. The van der Waals surface area contributed by atoms with Gasteiger partial charge in [-0.15, -0.1) is 0 Å². The summed E-state index contributed by atoms with van der Waals surface area (Å²) in [6, 6.07) is 4.85. The Hall–Kier alpha value is -1.89. The molecular weight excluding hydrogens is 156 g/mol. The highest BCUT2D eigenvalue weighted by molar-refractivity contribution is 5.68. The molecule has 1 aromatic rings. The van der Waals surface area contributed by atoms with Crippen LogP contribution in [0.5, 0.6) is 5.88 Å². The summed E-state index contributed by atoms with van der Waals surface area (Å²) in [5.74, 6) is -0.292. The second-order valence-electron chi connectivity index (χ2n) is 2.09. The van der Waals surface area contributed by atoms with Crippen LogP contribution in [0.1, 0.15) is 12.5 Å². The van der Waals surface area contributed by atoms with Crippen LogP contribution in [-0.4, -0.2) is 11.0 Å². The molecule has 0 saturated carbocycles. The lowest BCUT2D eigenvalue weighted by molar-refractivity contribution is -0.132. The monoisotopic (exact) mass is 162 g/mol. The third-order valence-corrected chi connectivity index (χ3v) is 1.11. The lowest BCUT2D eigenvalue weighted by atomic mass is 10.3. The standard InChI is InChI=1S/C8H6N2O2/c1-6(11)12-8-4-7(5-9)2-3-10-8/h2-4H,1H3. The fraction of sp³-hybridized carbons (Fsp3) is 0.125. The Balaban J connectivity index is 2.88. The average molecular weight is 162 g/mol. The minimum absolute atomic E-state index is 0.154. The van der Waals surface area contributed by atoms with Crippen LogP contribution >= 0.6 is 0 Å². The summed E-state index contributed by atoms with van der Waals surface area (Å²) in [4.78, 5) is 14.2. The maximum absolute atomic E-state index is 10.5. The number of esters is 1. The van der Waals surface area contributed by atoms with Crippen molar-refractivity contribution >= 4 is 5.97 Å². The number of hydrogen-bond acceptors (Lipinski definition) is 4. The molecule has 0 atom stereocenters. The van der Waals surface area contributed by atoms with E-state index in [1.165, 1.54) is 25.3 Å². The molecule has 0 saturated heterocycles. The van der Waals surface area contributed by atoms with Crippen molar-refractivity contribution in [3.05, 3.63) is 23.9 Å². The molecule has 4 nitrogen and oxygen atoms in total. The summed E-state index contributed by atoms with van der Waals surface area (Å²) in [5, 5.41) is 8.48. The number of nitrogens with zero attached hydrogens (tertiary/aromatic N) is 2. The summed E-state index contributed by atoms with van der Waals surface area (Å²) in [6.07, 6.45) is 1.41. The van der Waals surface area contributed by atoms with Crippen LogP contribution in [0.15, 0.2) is 18.3 Å². The average Bonchev–Trinajstić information content (AvgIpc) is 2.03. The second kappa shape index (κ2) is 3.49. The van der Waals surface area contributed by atoms with Crippen LogP contribution in [-0.2, 0) is 4.79 Å². The molecule has 1 rings (SSSR count). The third kappa shape index (κ3) is 2.06. The van der Waals surface area contributed by atoms with Gasteiger partial charge in [-0.05, 0) is 6.07 Å². The summed E-state index contributed by atoms with van der Waals surface area (Å²) in [5.41, 5.74) is 0.418. The van der Waals surface area contributed by atoms with Crippen molar-refractivity contribution in [3.63, 3.8) is 0 Å². The van der Waals surface area contributed by atoms with Gasteiger partial charge in [-0.1, -0.05) is 0 Å². The molecule has 0 unspecified atom stereocenters. The smallest absolute Gasteiger partial charge is 0.309 e. The highest BCUT2D eigenvalue weighted by Crippen LogP contribution is 2.07. The molecule has 0 aromatic carbocycles. The van der Waals surface area contributed by atoms with Crippen molar-refractivity contribution < 1.29 is 9.53 Å². The zero-order valence-electron chi connectivity index (χ0n) is 6.44.